The van der Waals surface area contributed by atoms with E-state index in [4.69, 9.17) is 0 Å². The Bertz CT molecular complexity index is 513. The van der Waals surface area contributed by atoms with E-state index in [0.29, 0.717) is 12.1 Å². The monoisotopic (exact) mass is 261 g/mol. The molecule has 1 N–H and O–H groups in total. The number of rotatable bonds is 6. The lowest BCUT2D eigenvalue weighted by Gasteiger charge is -2.21. The first-order chi connectivity index (χ1) is 9.11. The molecule has 0 unspecified atom stereocenters. The molecule has 2 rings (SSSR count). The van der Waals surface area contributed by atoms with Crippen molar-refractivity contribution in [1.82, 2.24) is 24.6 Å². The van der Waals surface area contributed by atoms with Gasteiger partial charge in [-0.3, -0.25) is 4.68 Å². The van der Waals surface area contributed by atoms with E-state index in [1.807, 2.05) is 23.3 Å². The average Bonchev–Trinajstić information content (AvgIpc) is 3.03. The fraction of sp³-hybridized carbons (Fsp3) is 0.571. The highest BCUT2D eigenvalue weighted by atomic mass is 15.3. The van der Waals surface area contributed by atoms with Crippen LogP contribution >= 0.6 is 0 Å². The third kappa shape index (κ3) is 3.23. The molecule has 0 amide bonds. The summed E-state index contributed by atoms with van der Waals surface area (Å²) >= 11 is 0. The van der Waals surface area contributed by atoms with Crippen molar-refractivity contribution in [2.75, 3.05) is 0 Å². The molecule has 0 aliphatic carbocycles. The van der Waals surface area contributed by atoms with E-state index in [2.05, 4.69) is 53.9 Å². The smallest absolute Gasteiger partial charge is 0.122 e. The van der Waals surface area contributed by atoms with E-state index in [1.165, 1.54) is 5.56 Å². The van der Waals surface area contributed by atoms with Crippen molar-refractivity contribution in [2.45, 2.75) is 52.9 Å². The first kappa shape index (κ1) is 13.8. The summed E-state index contributed by atoms with van der Waals surface area (Å²) in [5.74, 6) is 1.08. The van der Waals surface area contributed by atoms with Gasteiger partial charge in [-0.1, -0.05) is 0 Å². The van der Waals surface area contributed by atoms with E-state index in [0.717, 1.165) is 18.9 Å². The third-order valence-corrected chi connectivity index (χ3v) is 3.60. The maximum atomic E-state index is 4.37. The summed E-state index contributed by atoms with van der Waals surface area (Å²) in [5.41, 5.74) is 1.19. The number of aromatic nitrogens is 4. The fourth-order valence-corrected chi connectivity index (χ4v) is 2.10. The quantitative estimate of drug-likeness (QED) is 0.866. The lowest BCUT2D eigenvalue weighted by molar-refractivity contribution is 0.360. The third-order valence-electron chi connectivity index (χ3n) is 3.60. The standard InChI is InChI=1S/C14H23N5/c1-5-18-7-6-15-14(18)9-16-12(3)13(4)19-10-11(2)8-17-19/h6-8,10,12-13,16H,5,9H2,1-4H3/t12-,13+/m0/s1. The van der Waals surface area contributed by atoms with Crippen molar-refractivity contribution < 1.29 is 0 Å². The van der Waals surface area contributed by atoms with Crippen LogP contribution in [-0.4, -0.2) is 25.4 Å². The van der Waals surface area contributed by atoms with Crippen LogP contribution in [0.2, 0.25) is 0 Å². The van der Waals surface area contributed by atoms with Gasteiger partial charge in [-0.25, -0.2) is 4.98 Å². The predicted molar refractivity (Wildman–Crippen MR) is 75.9 cm³/mol. The number of hydrogen-bond donors (Lipinski definition) is 1. The minimum absolute atomic E-state index is 0.318. The summed E-state index contributed by atoms with van der Waals surface area (Å²) in [7, 11) is 0. The van der Waals surface area contributed by atoms with Crippen LogP contribution in [0.5, 0.6) is 0 Å². The molecule has 0 aromatic carbocycles. The van der Waals surface area contributed by atoms with Crippen molar-refractivity contribution in [3.8, 4) is 0 Å². The van der Waals surface area contributed by atoms with Crippen molar-refractivity contribution in [3.63, 3.8) is 0 Å². The highest BCUT2D eigenvalue weighted by Crippen LogP contribution is 2.11. The Morgan fingerprint density at radius 3 is 2.79 bits per heavy atom. The second kappa shape index (κ2) is 6.02. The minimum Gasteiger partial charge on any atom is -0.334 e. The Labute approximate surface area is 114 Å². The summed E-state index contributed by atoms with van der Waals surface area (Å²) in [4.78, 5) is 4.37. The van der Waals surface area contributed by atoms with Crippen LogP contribution in [0.15, 0.2) is 24.8 Å². The first-order valence-corrected chi connectivity index (χ1v) is 6.86. The van der Waals surface area contributed by atoms with Crippen molar-refractivity contribution >= 4 is 0 Å². The van der Waals surface area contributed by atoms with Gasteiger partial charge in [0.2, 0.25) is 0 Å². The van der Waals surface area contributed by atoms with E-state index in [9.17, 15) is 0 Å². The Kier molecular flexibility index (Phi) is 4.37. The van der Waals surface area contributed by atoms with Gasteiger partial charge in [-0.2, -0.15) is 5.10 Å². The second-order valence-corrected chi connectivity index (χ2v) is 5.04. The number of imidazole rings is 1. The number of aryl methyl sites for hydroxylation is 2. The van der Waals surface area contributed by atoms with Gasteiger partial charge >= 0.3 is 0 Å². The van der Waals surface area contributed by atoms with Crippen LogP contribution in [0.3, 0.4) is 0 Å². The molecule has 0 saturated carbocycles. The zero-order chi connectivity index (χ0) is 13.8. The van der Waals surface area contributed by atoms with Crippen LogP contribution < -0.4 is 5.32 Å². The Morgan fingerprint density at radius 1 is 1.37 bits per heavy atom. The minimum atomic E-state index is 0.318. The van der Waals surface area contributed by atoms with Crippen LogP contribution in [0.1, 0.15) is 38.2 Å². The molecule has 19 heavy (non-hydrogen) atoms. The largest absolute Gasteiger partial charge is 0.334 e. The Morgan fingerprint density at radius 2 is 2.16 bits per heavy atom. The predicted octanol–water partition coefficient (Wildman–Crippen LogP) is 2.15. The van der Waals surface area contributed by atoms with E-state index in [1.54, 1.807) is 0 Å². The molecule has 2 aromatic heterocycles. The van der Waals surface area contributed by atoms with E-state index in [-0.39, 0.29) is 0 Å². The van der Waals surface area contributed by atoms with Crippen molar-refractivity contribution in [2.24, 2.45) is 0 Å². The number of nitrogens with one attached hydrogen (secondary N) is 1. The van der Waals surface area contributed by atoms with Gasteiger partial charge < -0.3 is 9.88 Å². The number of nitrogens with zero attached hydrogens (tertiary/aromatic N) is 4. The Hall–Kier alpha value is -1.62. The molecule has 2 atom stereocenters. The molecular formula is C14H23N5. The average molecular weight is 261 g/mol. The first-order valence-electron chi connectivity index (χ1n) is 6.86. The molecular weight excluding hydrogens is 238 g/mol. The summed E-state index contributed by atoms with van der Waals surface area (Å²) < 4.78 is 4.17. The van der Waals surface area contributed by atoms with Crippen LogP contribution in [-0.2, 0) is 13.1 Å². The molecule has 0 spiro atoms. The van der Waals surface area contributed by atoms with E-state index >= 15 is 0 Å². The molecule has 0 aliphatic heterocycles. The lowest BCUT2D eigenvalue weighted by atomic mass is 10.2. The molecule has 0 saturated heterocycles. The van der Waals surface area contributed by atoms with Gasteiger partial charge in [-0.15, -0.1) is 0 Å². The molecule has 5 nitrogen and oxygen atoms in total. The van der Waals surface area contributed by atoms with Gasteiger partial charge in [0.25, 0.3) is 0 Å². The molecule has 0 bridgehead atoms. The normalized spacial score (nSPS) is 14.5. The molecule has 104 valence electrons. The molecule has 5 heteroatoms. The van der Waals surface area contributed by atoms with Gasteiger partial charge in [0.1, 0.15) is 5.82 Å². The summed E-state index contributed by atoms with van der Waals surface area (Å²) in [6.45, 7) is 10.3. The summed E-state index contributed by atoms with van der Waals surface area (Å²) in [5, 5.41) is 7.89. The highest BCUT2D eigenvalue weighted by Gasteiger charge is 2.15. The highest BCUT2D eigenvalue weighted by molar-refractivity contribution is 5.01. The van der Waals surface area contributed by atoms with Gasteiger partial charge in [0.05, 0.1) is 18.8 Å². The number of hydrogen-bond acceptors (Lipinski definition) is 3. The molecule has 0 radical (unpaired) electrons. The van der Waals surface area contributed by atoms with Crippen molar-refractivity contribution in [1.29, 1.82) is 0 Å². The fourth-order valence-electron chi connectivity index (χ4n) is 2.10. The van der Waals surface area contributed by atoms with Crippen LogP contribution in [0.4, 0.5) is 0 Å². The van der Waals surface area contributed by atoms with Crippen LogP contribution in [0, 0.1) is 6.92 Å². The lowest BCUT2D eigenvalue weighted by Crippen LogP contribution is -2.34. The SMILES string of the molecule is CCn1ccnc1CN[C@@H](C)[C@@H](C)n1cc(C)cn1. The summed E-state index contributed by atoms with van der Waals surface area (Å²) in [6, 6.07) is 0.653. The topological polar surface area (TPSA) is 47.7 Å². The molecule has 0 fully saturated rings. The molecule has 2 heterocycles. The van der Waals surface area contributed by atoms with E-state index < -0.39 is 0 Å². The maximum absolute atomic E-state index is 4.37. The zero-order valence-corrected chi connectivity index (χ0v) is 12.2. The zero-order valence-electron chi connectivity index (χ0n) is 12.2. The maximum Gasteiger partial charge on any atom is 0.122 e. The second-order valence-electron chi connectivity index (χ2n) is 5.04. The Balaban J connectivity index is 1.92. The van der Waals surface area contributed by atoms with Crippen molar-refractivity contribution in [3.05, 3.63) is 36.2 Å². The molecule has 0 aliphatic rings. The summed E-state index contributed by atoms with van der Waals surface area (Å²) in [6.07, 6.45) is 7.84. The van der Waals surface area contributed by atoms with Gasteiger partial charge in [-0.05, 0) is 33.3 Å². The van der Waals surface area contributed by atoms with Gasteiger partial charge in [0.15, 0.2) is 0 Å². The van der Waals surface area contributed by atoms with Crippen LogP contribution in [0.25, 0.3) is 0 Å². The molecule has 2 aromatic rings. The van der Waals surface area contributed by atoms with Gasteiger partial charge in [0, 0.05) is 31.2 Å².